The summed E-state index contributed by atoms with van der Waals surface area (Å²) in [6.45, 7) is 2.25. The third kappa shape index (κ3) is 6.25. The van der Waals surface area contributed by atoms with Gasteiger partial charge in [-0.2, -0.15) is 0 Å². The van der Waals surface area contributed by atoms with Crippen LogP contribution in [0.1, 0.15) is 67.8 Å². The van der Waals surface area contributed by atoms with E-state index in [2.05, 4.69) is 13.0 Å². The number of aldehydes is 1. The number of hydrogen-bond acceptors (Lipinski definition) is 1. The van der Waals surface area contributed by atoms with E-state index in [1.165, 1.54) is 50.5 Å². The number of carbonyl (C=O) groups is 1. The number of hydrogen-bond donors (Lipinski definition) is 0. The van der Waals surface area contributed by atoms with Crippen molar-refractivity contribution in [3.8, 4) is 0 Å². The molecule has 0 saturated heterocycles. The lowest BCUT2D eigenvalue weighted by atomic mass is 10.0. The zero-order valence-corrected chi connectivity index (χ0v) is 11.0. The lowest BCUT2D eigenvalue weighted by Gasteiger charge is -2.03. The quantitative estimate of drug-likeness (QED) is 0.442. The summed E-state index contributed by atoms with van der Waals surface area (Å²) < 4.78 is 0. The minimum atomic E-state index is 0.797. The van der Waals surface area contributed by atoms with Gasteiger partial charge in [0.15, 0.2) is 0 Å². The van der Waals surface area contributed by atoms with Crippen LogP contribution < -0.4 is 0 Å². The number of unbranched alkanes of at least 4 members (excludes halogenated alkanes) is 6. The van der Waals surface area contributed by atoms with E-state index in [4.69, 9.17) is 0 Å². The van der Waals surface area contributed by atoms with E-state index in [1.807, 2.05) is 18.2 Å². The molecule has 0 aliphatic rings. The van der Waals surface area contributed by atoms with Crippen molar-refractivity contribution in [3.05, 3.63) is 35.4 Å². The minimum absolute atomic E-state index is 0.797. The Kier molecular flexibility index (Phi) is 7.37. The first-order chi connectivity index (χ1) is 8.36. The topological polar surface area (TPSA) is 17.1 Å². The fraction of sp³-hybridized carbons (Fsp3) is 0.562. The van der Waals surface area contributed by atoms with Crippen molar-refractivity contribution >= 4 is 6.29 Å². The highest BCUT2D eigenvalue weighted by atomic mass is 16.1. The Morgan fingerprint density at radius 1 is 1.00 bits per heavy atom. The van der Waals surface area contributed by atoms with E-state index in [0.29, 0.717) is 0 Å². The van der Waals surface area contributed by atoms with Gasteiger partial charge in [-0.3, -0.25) is 4.79 Å². The van der Waals surface area contributed by atoms with Gasteiger partial charge in [-0.15, -0.1) is 0 Å². The van der Waals surface area contributed by atoms with Crippen molar-refractivity contribution in [2.45, 2.75) is 58.3 Å². The molecule has 1 nitrogen and oxygen atoms in total. The molecule has 1 rings (SSSR count). The molecule has 0 bridgehead atoms. The Bertz CT molecular complexity index is 317. The highest BCUT2D eigenvalue weighted by Gasteiger charge is 1.96. The second kappa shape index (κ2) is 8.98. The number of carbonyl (C=O) groups excluding carboxylic acids is 1. The molecule has 94 valence electrons. The molecule has 0 aliphatic carbocycles. The monoisotopic (exact) mass is 232 g/mol. The molecule has 0 amide bonds. The van der Waals surface area contributed by atoms with Gasteiger partial charge in [-0.1, -0.05) is 63.6 Å². The van der Waals surface area contributed by atoms with Crippen molar-refractivity contribution in [1.29, 1.82) is 0 Å². The maximum absolute atomic E-state index is 10.6. The predicted molar refractivity (Wildman–Crippen MR) is 73.5 cm³/mol. The van der Waals surface area contributed by atoms with E-state index in [0.717, 1.165) is 18.3 Å². The maximum Gasteiger partial charge on any atom is 0.150 e. The van der Waals surface area contributed by atoms with Gasteiger partial charge in [0, 0.05) is 5.56 Å². The van der Waals surface area contributed by atoms with Crippen molar-refractivity contribution in [2.24, 2.45) is 0 Å². The van der Waals surface area contributed by atoms with Crippen molar-refractivity contribution in [3.63, 3.8) is 0 Å². The molecule has 1 heteroatoms. The Hall–Kier alpha value is -1.11. The van der Waals surface area contributed by atoms with E-state index < -0.39 is 0 Å². The molecular formula is C16H24O. The van der Waals surface area contributed by atoms with Crippen LogP contribution >= 0.6 is 0 Å². The van der Waals surface area contributed by atoms with Crippen LogP contribution in [0.4, 0.5) is 0 Å². The van der Waals surface area contributed by atoms with Crippen LogP contribution in [0.5, 0.6) is 0 Å². The van der Waals surface area contributed by atoms with Crippen LogP contribution in [0.15, 0.2) is 24.3 Å². The predicted octanol–water partition coefficient (Wildman–Crippen LogP) is 4.79. The van der Waals surface area contributed by atoms with Crippen LogP contribution in [-0.2, 0) is 6.42 Å². The smallest absolute Gasteiger partial charge is 0.150 e. The van der Waals surface area contributed by atoms with E-state index in [-0.39, 0.29) is 0 Å². The third-order valence-electron chi connectivity index (χ3n) is 3.16. The van der Waals surface area contributed by atoms with Gasteiger partial charge in [-0.25, -0.2) is 0 Å². The van der Waals surface area contributed by atoms with Gasteiger partial charge in [-0.05, 0) is 24.5 Å². The normalized spacial score (nSPS) is 10.4. The molecule has 0 heterocycles. The molecular weight excluding hydrogens is 208 g/mol. The van der Waals surface area contributed by atoms with Crippen LogP contribution in [-0.4, -0.2) is 6.29 Å². The SMILES string of the molecule is CCCCCCCCCc1cccc(C=O)c1. The largest absolute Gasteiger partial charge is 0.298 e. The summed E-state index contributed by atoms with van der Waals surface area (Å²) in [5, 5.41) is 0. The second-order valence-electron chi connectivity index (χ2n) is 4.73. The molecule has 17 heavy (non-hydrogen) atoms. The van der Waals surface area contributed by atoms with E-state index in [9.17, 15) is 4.79 Å². The molecule has 0 fully saturated rings. The fourth-order valence-electron chi connectivity index (χ4n) is 2.11. The van der Waals surface area contributed by atoms with Gasteiger partial charge in [0.25, 0.3) is 0 Å². The summed E-state index contributed by atoms with van der Waals surface area (Å²) in [7, 11) is 0. The standard InChI is InChI=1S/C16H24O/c1-2-3-4-5-6-7-8-10-15-11-9-12-16(13-15)14-17/h9,11-14H,2-8,10H2,1H3. The lowest BCUT2D eigenvalue weighted by molar-refractivity contribution is 0.112. The molecule has 0 spiro atoms. The van der Waals surface area contributed by atoms with Gasteiger partial charge >= 0.3 is 0 Å². The number of rotatable bonds is 9. The summed E-state index contributed by atoms with van der Waals surface area (Å²) in [6.07, 6.45) is 11.4. The molecule has 0 N–H and O–H groups in total. The van der Waals surface area contributed by atoms with Gasteiger partial charge in [0.2, 0.25) is 0 Å². The fourth-order valence-corrected chi connectivity index (χ4v) is 2.11. The van der Waals surface area contributed by atoms with Crippen LogP contribution in [0.3, 0.4) is 0 Å². The Morgan fingerprint density at radius 2 is 1.71 bits per heavy atom. The number of aryl methyl sites for hydroxylation is 1. The third-order valence-corrected chi connectivity index (χ3v) is 3.16. The summed E-state index contributed by atoms with van der Waals surface area (Å²) >= 11 is 0. The van der Waals surface area contributed by atoms with Crippen LogP contribution in [0.25, 0.3) is 0 Å². The first-order valence-corrected chi connectivity index (χ1v) is 6.91. The second-order valence-corrected chi connectivity index (χ2v) is 4.73. The van der Waals surface area contributed by atoms with Crippen LogP contribution in [0.2, 0.25) is 0 Å². The maximum atomic E-state index is 10.6. The molecule has 0 aromatic heterocycles. The highest BCUT2D eigenvalue weighted by Crippen LogP contribution is 2.11. The molecule has 0 radical (unpaired) electrons. The average molecular weight is 232 g/mol. The zero-order chi connectivity index (χ0) is 12.3. The molecule has 1 aromatic carbocycles. The minimum Gasteiger partial charge on any atom is -0.298 e. The first-order valence-electron chi connectivity index (χ1n) is 6.91. The molecule has 0 saturated carbocycles. The Morgan fingerprint density at radius 3 is 2.41 bits per heavy atom. The first kappa shape index (κ1) is 14.0. The Labute approximate surface area is 105 Å². The summed E-state index contributed by atoms with van der Waals surface area (Å²) in [4.78, 5) is 10.6. The van der Waals surface area contributed by atoms with Crippen molar-refractivity contribution in [2.75, 3.05) is 0 Å². The van der Waals surface area contributed by atoms with E-state index >= 15 is 0 Å². The van der Waals surface area contributed by atoms with Gasteiger partial charge in [0.1, 0.15) is 6.29 Å². The van der Waals surface area contributed by atoms with Gasteiger partial charge in [0.05, 0.1) is 0 Å². The van der Waals surface area contributed by atoms with E-state index in [1.54, 1.807) is 0 Å². The zero-order valence-electron chi connectivity index (χ0n) is 11.0. The lowest BCUT2D eigenvalue weighted by Crippen LogP contribution is -1.88. The summed E-state index contributed by atoms with van der Waals surface area (Å²) in [5.41, 5.74) is 2.09. The molecule has 1 aromatic rings. The van der Waals surface area contributed by atoms with Crippen molar-refractivity contribution in [1.82, 2.24) is 0 Å². The highest BCUT2D eigenvalue weighted by molar-refractivity contribution is 5.74. The summed E-state index contributed by atoms with van der Waals surface area (Å²) in [6, 6.07) is 7.95. The van der Waals surface area contributed by atoms with Crippen LogP contribution in [0, 0.1) is 0 Å². The van der Waals surface area contributed by atoms with Crippen molar-refractivity contribution < 1.29 is 4.79 Å². The molecule has 0 unspecified atom stereocenters. The number of benzene rings is 1. The molecule has 0 aliphatic heterocycles. The summed E-state index contributed by atoms with van der Waals surface area (Å²) in [5.74, 6) is 0. The Balaban J connectivity index is 2.11. The average Bonchev–Trinajstić information content (AvgIpc) is 2.38. The van der Waals surface area contributed by atoms with Gasteiger partial charge < -0.3 is 0 Å². The molecule has 0 atom stereocenters.